The number of unbranched alkanes of at least 4 members (excludes halogenated alkanes) is 1. The van der Waals surface area contributed by atoms with Gasteiger partial charge in [0.1, 0.15) is 6.04 Å². The molecule has 106 valence electrons. The summed E-state index contributed by atoms with van der Waals surface area (Å²) >= 11 is 0. The predicted octanol–water partition coefficient (Wildman–Crippen LogP) is 2.46. The van der Waals surface area contributed by atoms with Gasteiger partial charge in [-0.1, -0.05) is 26.7 Å². The Morgan fingerprint density at radius 3 is 2.22 bits per heavy atom. The number of nitrogens with one attached hydrogen (secondary N) is 1. The second kappa shape index (κ2) is 8.78. The standard InChI is InChI=1S/C13H26N2O3/c1-5-7-8-11(12(16)17)14-13(18)15(9-6-2)10(3)4/h10-11H,5-9H2,1-4H3,(H,14,18)(H,16,17). The van der Waals surface area contributed by atoms with E-state index in [0.717, 1.165) is 19.3 Å². The molecule has 0 aromatic carbocycles. The number of hydrogen-bond acceptors (Lipinski definition) is 2. The molecular weight excluding hydrogens is 232 g/mol. The minimum absolute atomic E-state index is 0.0746. The lowest BCUT2D eigenvalue weighted by Gasteiger charge is -2.28. The lowest BCUT2D eigenvalue weighted by atomic mass is 10.1. The Morgan fingerprint density at radius 2 is 1.83 bits per heavy atom. The second-order valence-corrected chi connectivity index (χ2v) is 4.77. The molecule has 0 spiro atoms. The summed E-state index contributed by atoms with van der Waals surface area (Å²) in [7, 11) is 0. The van der Waals surface area contributed by atoms with Crippen LogP contribution < -0.4 is 5.32 Å². The summed E-state index contributed by atoms with van der Waals surface area (Å²) in [5.74, 6) is -0.961. The number of urea groups is 1. The summed E-state index contributed by atoms with van der Waals surface area (Å²) in [6.07, 6.45) is 3.06. The van der Waals surface area contributed by atoms with Crippen LogP contribution in [0.15, 0.2) is 0 Å². The van der Waals surface area contributed by atoms with Gasteiger partial charge in [-0.15, -0.1) is 0 Å². The van der Waals surface area contributed by atoms with Crippen molar-refractivity contribution in [1.29, 1.82) is 0 Å². The van der Waals surface area contributed by atoms with E-state index in [1.807, 2.05) is 27.7 Å². The van der Waals surface area contributed by atoms with Crippen LogP contribution in [0.25, 0.3) is 0 Å². The van der Waals surface area contributed by atoms with Gasteiger partial charge in [-0.05, 0) is 26.7 Å². The molecule has 5 heteroatoms. The van der Waals surface area contributed by atoms with Crippen LogP contribution in [0, 0.1) is 0 Å². The van der Waals surface area contributed by atoms with Gasteiger partial charge in [-0.2, -0.15) is 0 Å². The van der Waals surface area contributed by atoms with E-state index in [-0.39, 0.29) is 12.1 Å². The van der Waals surface area contributed by atoms with Gasteiger partial charge in [0.2, 0.25) is 0 Å². The van der Waals surface area contributed by atoms with Crippen LogP contribution in [0.3, 0.4) is 0 Å². The Kier molecular flexibility index (Phi) is 8.16. The summed E-state index contributed by atoms with van der Waals surface area (Å²) in [5.41, 5.74) is 0. The van der Waals surface area contributed by atoms with Crippen molar-refractivity contribution in [2.45, 2.75) is 65.5 Å². The maximum absolute atomic E-state index is 12.0. The molecule has 0 saturated carbocycles. The summed E-state index contributed by atoms with van der Waals surface area (Å²) < 4.78 is 0. The summed E-state index contributed by atoms with van der Waals surface area (Å²) in [4.78, 5) is 24.7. The van der Waals surface area contributed by atoms with Gasteiger partial charge in [-0.25, -0.2) is 9.59 Å². The normalized spacial score (nSPS) is 12.3. The third kappa shape index (κ3) is 5.89. The highest BCUT2D eigenvalue weighted by Gasteiger charge is 2.23. The fourth-order valence-corrected chi connectivity index (χ4v) is 1.73. The molecule has 0 radical (unpaired) electrons. The summed E-state index contributed by atoms with van der Waals surface area (Å²) in [6.45, 7) is 8.49. The van der Waals surface area contributed by atoms with Crippen molar-refractivity contribution in [3.05, 3.63) is 0 Å². The van der Waals surface area contributed by atoms with Crippen LogP contribution in [0.2, 0.25) is 0 Å². The van der Waals surface area contributed by atoms with Gasteiger partial charge in [0, 0.05) is 12.6 Å². The maximum atomic E-state index is 12.0. The Labute approximate surface area is 110 Å². The molecule has 0 heterocycles. The zero-order chi connectivity index (χ0) is 14.1. The molecule has 18 heavy (non-hydrogen) atoms. The highest BCUT2D eigenvalue weighted by Crippen LogP contribution is 2.05. The fourth-order valence-electron chi connectivity index (χ4n) is 1.73. The van der Waals surface area contributed by atoms with E-state index >= 15 is 0 Å². The summed E-state index contributed by atoms with van der Waals surface area (Å²) in [6, 6.07) is -0.989. The Bertz CT molecular complexity index is 267. The topological polar surface area (TPSA) is 69.6 Å². The molecule has 2 amide bonds. The van der Waals surface area contributed by atoms with Crippen molar-refractivity contribution in [1.82, 2.24) is 10.2 Å². The molecular formula is C13H26N2O3. The minimum atomic E-state index is -0.961. The number of rotatable bonds is 8. The van der Waals surface area contributed by atoms with Crippen molar-refractivity contribution in [3.8, 4) is 0 Å². The van der Waals surface area contributed by atoms with Gasteiger partial charge < -0.3 is 15.3 Å². The molecule has 0 aliphatic heterocycles. The Hall–Kier alpha value is -1.26. The van der Waals surface area contributed by atoms with Gasteiger partial charge in [0.15, 0.2) is 0 Å². The zero-order valence-corrected chi connectivity index (χ0v) is 11.9. The van der Waals surface area contributed by atoms with Crippen LogP contribution in [0.1, 0.15) is 53.4 Å². The lowest BCUT2D eigenvalue weighted by Crippen LogP contribution is -2.50. The number of amides is 2. The molecule has 1 atom stereocenters. The van der Waals surface area contributed by atoms with Crippen LogP contribution in [-0.4, -0.2) is 40.6 Å². The first kappa shape index (κ1) is 16.7. The van der Waals surface area contributed by atoms with Crippen LogP contribution in [0.4, 0.5) is 4.79 Å². The number of carbonyl (C=O) groups is 2. The van der Waals surface area contributed by atoms with Gasteiger partial charge in [0.25, 0.3) is 0 Å². The van der Waals surface area contributed by atoms with E-state index in [0.29, 0.717) is 13.0 Å². The molecule has 0 bridgehead atoms. The predicted molar refractivity (Wildman–Crippen MR) is 71.6 cm³/mol. The maximum Gasteiger partial charge on any atom is 0.326 e. The van der Waals surface area contributed by atoms with Crippen LogP contribution in [-0.2, 0) is 4.79 Å². The molecule has 0 rings (SSSR count). The summed E-state index contributed by atoms with van der Waals surface area (Å²) in [5, 5.41) is 11.7. The smallest absolute Gasteiger partial charge is 0.326 e. The quantitative estimate of drug-likeness (QED) is 0.702. The van der Waals surface area contributed by atoms with Crippen molar-refractivity contribution in [2.75, 3.05) is 6.54 Å². The molecule has 0 fully saturated rings. The number of nitrogens with zero attached hydrogens (tertiary/aromatic N) is 1. The first-order chi connectivity index (χ1) is 8.43. The van der Waals surface area contributed by atoms with Crippen LogP contribution >= 0.6 is 0 Å². The van der Waals surface area contributed by atoms with E-state index in [1.165, 1.54) is 0 Å². The van der Waals surface area contributed by atoms with E-state index in [2.05, 4.69) is 5.32 Å². The van der Waals surface area contributed by atoms with E-state index in [1.54, 1.807) is 4.90 Å². The van der Waals surface area contributed by atoms with E-state index < -0.39 is 12.0 Å². The third-order valence-electron chi connectivity index (χ3n) is 2.79. The first-order valence-electron chi connectivity index (χ1n) is 6.73. The number of carbonyl (C=O) groups excluding carboxylic acids is 1. The number of carboxylic acid groups (broad SMARTS) is 1. The van der Waals surface area contributed by atoms with Crippen molar-refractivity contribution in [3.63, 3.8) is 0 Å². The molecule has 0 aliphatic carbocycles. The highest BCUT2D eigenvalue weighted by molar-refractivity contribution is 5.82. The largest absolute Gasteiger partial charge is 0.480 e. The highest BCUT2D eigenvalue weighted by atomic mass is 16.4. The zero-order valence-electron chi connectivity index (χ0n) is 11.9. The van der Waals surface area contributed by atoms with Gasteiger partial charge >= 0.3 is 12.0 Å². The first-order valence-corrected chi connectivity index (χ1v) is 6.73. The number of carboxylic acids is 1. The lowest BCUT2D eigenvalue weighted by molar-refractivity contribution is -0.139. The Balaban J connectivity index is 4.50. The van der Waals surface area contributed by atoms with Crippen molar-refractivity contribution in [2.24, 2.45) is 0 Å². The van der Waals surface area contributed by atoms with Gasteiger partial charge in [-0.3, -0.25) is 0 Å². The molecule has 2 N–H and O–H groups in total. The SMILES string of the molecule is CCCCC(NC(=O)N(CCC)C(C)C)C(=O)O. The second-order valence-electron chi connectivity index (χ2n) is 4.77. The van der Waals surface area contributed by atoms with Crippen LogP contribution in [0.5, 0.6) is 0 Å². The Morgan fingerprint density at radius 1 is 1.22 bits per heavy atom. The molecule has 0 aromatic rings. The number of hydrogen-bond donors (Lipinski definition) is 2. The fraction of sp³-hybridized carbons (Fsp3) is 0.846. The molecule has 0 aliphatic rings. The monoisotopic (exact) mass is 258 g/mol. The van der Waals surface area contributed by atoms with E-state index in [4.69, 9.17) is 5.11 Å². The van der Waals surface area contributed by atoms with E-state index in [9.17, 15) is 9.59 Å². The van der Waals surface area contributed by atoms with Crippen molar-refractivity contribution >= 4 is 12.0 Å². The average Bonchev–Trinajstić information content (AvgIpc) is 2.30. The minimum Gasteiger partial charge on any atom is -0.480 e. The molecule has 0 saturated heterocycles. The third-order valence-corrected chi connectivity index (χ3v) is 2.79. The number of aliphatic carboxylic acids is 1. The average molecular weight is 258 g/mol. The molecule has 1 unspecified atom stereocenters. The molecule has 5 nitrogen and oxygen atoms in total. The molecule has 0 aromatic heterocycles. The van der Waals surface area contributed by atoms with Gasteiger partial charge in [0.05, 0.1) is 0 Å². The van der Waals surface area contributed by atoms with Crippen molar-refractivity contribution < 1.29 is 14.7 Å².